The van der Waals surface area contributed by atoms with Crippen molar-refractivity contribution in [2.45, 2.75) is 76.4 Å². The van der Waals surface area contributed by atoms with Crippen LogP contribution in [0.2, 0.25) is 0 Å². The molecule has 59 heavy (non-hydrogen) atoms. The number of amides is 4. The average Bonchev–Trinajstić information content (AvgIpc) is 3.97. The number of thiophene rings is 1. The smallest absolute Gasteiger partial charge is 0.268 e. The standard InChI is InChI=1S/C43H48N10O5S/c54-37-7-6-35(41(56)47-37)52-22-27-4-5-30(19-31(27)43(52)58)50-16-8-26(9-17-50)21-49-14-10-29(11-15-49)53-23-28-18-34(36(20-33(28)48-53)51-12-2-1-3-13-51)46-40(55)32-24-59-39-38(32)44-25-45-42(39)57/h4-5,18-20,23-26,29,35H,1-3,6-17,21-22H2,(H,46,55)(H,44,45,57)(H,47,54,56). The molecule has 4 saturated heterocycles. The summed E-state index contributed by atoms with van der Waals surface area (Å²) < 4.78 is 2.58. The lowest BCUT2D eigenvalue weighted by Gasteiger charge is -2.38. The minimum Gasteiger partial charge on any atom is -0.371 e. The van der Waals surface area contributed by atoms with Crippen LogP contribution in [0.15, 0.2) is 53.0 Å². The number of H-pyrrole nitrogens is 1. The maximum atomic E-state index is 13.7. The Morgan fingerprint density at radius 2 is 1.71 bits per heavy atom. The lowest BCUT2D eigenvalue weighted by Crippen LogP contribution is -2.52. The van der Waals surface area contributed by atoms with Gasteiger partial charge in [0.15, 0.2) is 0 Å². The number of carbonyl (C=O) groups excluding carboxylic acids is 4. The molecule has 0 saturated carbocycles. The van der Waals surface area contributed by atoms with Gasteiger partial charge in [0.05, 0.1) is 34.8 Å². The van der Waals surface area contributed by atoms with E-state index in [-0.39, 0.29) is 35.6 Å². The first-order valence-electron chi connectivity index (χ1n) is 21.0. The quantitative estimate of drug-likeness (QED) is 0.184. The van der Waals surface area contributed by atoms with E-state index in [0.29, 0.717) is 46.3 Å². The Labute approximate surface area is 344 Å². The van der Waals surface area contributed by atoms with Crippen molar-refractivity contribution < 1.29 is 19.2 Å². The highest BCUT2D eigenvalue weighted by atomic mass is 32.1. The predicted molar refractivity (Wildman–Crippen MR) is 226 cm³/mol. The van der Waals surface area contributed by atoms with Crippen molar-refractivity contribution in [3.8, 4) is 0 Å². The van der Waals surface area contributed by atoms with E-state index in [1.807, 2.05) is 18.2 Å². The van der Waals surface area contributed by atoms with Gasteiger partial charge < -0.3 is 29.9 Å². The lowest BCUT2D eigenvalue weighted by molar-refractivity contribution is -0.136. The van der Waals surface area contributed by atoms with Crippen molar-refractivity contribution >= 4 is 73.1 Å². The molecule has 16 heteroatoms. The van der Waals surface area contributed by atoms with Crippen molar-refractivity contribution in [1.29, 1.82) is 0 Å². The molecule has 0 bridgehead atoms. The largest absolute Gasteiger partial charge is 0.371 e. The number of nitrogens with one attached hydrogen (secondary N) is 3. The molecular formula is C43H48N10O5S. The molecule has 0 spiro atoms. The second-order valence-electron chi connectivity index (χ2n) is 16.8. The van der Waals surface area contributed by atoms with E-state index >= 15 is 0 Å². The third kappa shape index (κ3) is 7.26. The Morgan fingerprint density at radius 1 is 0.898 bits per heavy atom. The van der Waals surface area contributed by atoms with Gasteiger partial charge in [-0.3, -0.25) is 34.0 Å². The van der Waals surface area contributed by atoms with Crippen LogP contribution in [-0.4, -0.2) is 105 Å². The van der Waals surface area contributed by atoms with E-state index in [2.05, 4.69) is 58.3 Å². The number of piperidine rings is 4. The summed E-state index contributed by atoms with van der Waals surface area (Å²) in [6, 6.07) is 9.99. The molecule has 1 atom stereocenters. The summed E-state index contributed by atoms with van der Waals surface area (Å²) in [4.78, 5) is 79.3. The van der Waals surface area contributed by atoms with Crippen LogP contribution in [0.5, 0.6) is 0 Å². The first kappa shape index (κ1) is 37.6. The summed E-state index contributed by atoms with van der Waals surface area (Å²) in [5.74, 6) is -0.458. The summed E-state index contributed by atoms with van der Waals surface area (Å²) >= 11 is 1.23. The van der Waals surface area contributed by atoms with Gasteiger partial charge in [0.1, 0.15) is 16.3 Å². The number of fused-ring (bicyclic) bond motifs is 3. The number of benzene rings is 2. The van der Waals surface area contributed by atoms with E-state index < -0.39 is 6.04 Å². The van der Waals surface area contributed by atoms with Gasteiger partial charge in [-0.05, 0) is 87.1 Å². The van der Waals surface area contributed by atoms with Crippen LogP contribution in [0.1, 0.15) is 90.1 Å². The van der Waals surface area contributed by atoms with Gasteiger partial charge in [0, 0.05) is 87.0 Å². The zero-order valence-corrected chi connectivity index (χ0v) is 33.8. The number of aromatic amines is 1. The number of imide groups is 1. The summed E-state index contributed by atoms with van der Waals surface area (Å²) in [6.07, 6.45) is 11.7. The normalized spacial score (nSPS) is 21.1. The SMILES string of the molecule is O=C1CCC(N2Cc3ccc(N4CCC(CN5CCC(n6cc7cc(NC(=O)c8csc9c(=O)[nH]cnc89)c(N8CCCCC8)cc7n6)CC5)CC4)cc3C2=O)C(=O)N1. The van der Waals surface area contributed by atoms with E-state index in [4.69, 9.17) is 5.10 Å². The van der Waals surface area contributed by atoms with Crippen LogP contribution < -0.4 is 26.0 Å². The number of nitrogens with zero attached hydrogens (tertiary/aromatic N) is 7. The van der Waals surface area contributed by atoms with Crippen molar-refractivity contribution in [2.75, 3.05) is 60.9 Å². The number of rotatable bonds is 8. The van der Waals surface area contributed by atoms with Crippen LogP contribution >= 0.6 is 11.3 Å². The Hall–Kier alpha value is -5.61. The minimum atomic E-state index is -0.601. The number of likely N-dealkylation sites (tertiary alicyclic amines) is 1. The second kappa shape index (κ2) is 15.5. The maximum Gasteiger partial charge on any atom is 0.268 e. The number of carbonyl (C=O) groups is 4. The topological polar surface area (TPSA) is 169 Å². The van der Waals surface area contributed by atoms with E-state index in [1.54, 1.807) is 10.3 Å². The molecule has 5 aromatic rings. The van der Waals surface area contributed by atoms with Gasteiger partial charge in [0.25, 0.3) is 17.4 Å². The summed E-state index contributed by atoms with van der Waals surface area (Å²) in [5.41, 5.74) is 5.86. The number of hydrogen-bond acceptors (Lipinski definition) is 11. The van der Waals surface area contributed by atoms with Crippen LogP contribution in [0.4, 0.5) is 17.1 Å². The van der Waals surface area contributed by atoms with Gasteiger partial charge in [0.2, 0.25) is 11.8 Å². The third-order valence-electron chi connectivity index (χ3n) is 13.1. The first-order chi connectivity index (χ1) is 28.8. The highest BCUT2D eigenvalue weighted by Crippen LogP contribution is 2.36. The highest BCUT2D eigenvalue weighted by molar-refractivity contribution is 7.17. The van der Waals surface area contributed by atoms with Crippen molar-refractivity contribution in [2.24, 2.45) is 5.92 Å². The highest BCUT2D eigenvalue weighted by Gasteiger charge is 2.39. The molecule has 5 aliphatic heterocycles. The van der Waals surface area contributed by atoms with Gasteiger partial charge in [-0.25, -0.2) is 4.98 Å². The molecule has 5 aliphatic rings. The maximum absolute atomic E-state index is 13.7. The molecule has 3 aromatic heterocycles. The van der Waals surface area contributed by atoms with Crippen LogP contribution in [-0.2, 0) is 16.1 Å². The van der Waals surface area contributed by atoms with Crippen LogP contribution in [0.25, 0.3) is 21.1 Å². The van der Waals surface area contributed by atoms with Crippen molar-refractivity contribution in [3.63, 3.8) is 0 Å². The number of hydrogen-bond donors (Lipinski definition) is 3. The molecule has 3 N–H and O–H groups in total. The van der Waals surface area contributed by atoms with E-state index in [9.17, 15) is 24.0 Å². The minimum absolute atomic E-state index is 0.129. The fourth-order valence-electron chi connectivity index (χ4n) is 9.82. The van der Waals surface area contributed by atoms with Gasteiger partial charge in [-0.15, -0.1) is 11.3 Å². The molecule has 0 aliphatic carbocycles. The predicted octanol–water partition coefficient (Wildman–Crippen LogP) is 4.89. The van der Waals surface area contributed by atoms with Gasteiger partial charge in [-0.1, -0.05) is 6.07 Å². The molecule has 4 amide bonds. The van der Waals surface area contributed by atoms with E-state index in [1.165, 1.54) is 24.1 Å². The Kier molecular flexibility index (Phi) is 9.91. The van der Waals surface area contributed by atoms with E-state index in [0.717, 1.165) is 118 Å². The first-order valence-corrected chi connectivity index (χ1v) is 21.9. The number of anilines is 3. The molecule has 1 unspecified atom stereocenters. The van der Waals surface area contributed by atoms with Gasteiger partial charge in [-0.2, -0.15) is 5.10 Å². The van der Waals surface area contributed by atoms with Crippen molar-refractivity contribution in [3.05, 3.63) is 75.3 Å². The molecule has 306 valence electrons. The van der Waals surface area contributed by atoms with Crippen LogP contribution in [0.3, 0.4) is 0 Å². The van der Waals surface area contributed by atoms with Crippen LogP contribution in [0, 0.1) is 5.92 Å². The summed E-state index contributed by atoms with van der Waals surface area (Å²) in [5, 5.41) is 13.4. The lowest BCUT2D eigenvalue weighted by atomic mass is 9.94. The molecular weight excluding hydrogens is 769 g/mol. The van der Waals surface area contributed by atoms with Gasteiger partial charge >= 0.3 is 0 Å². The fraction of sp³-hybridized carbons (Fsp3) is 0.465. The fourth-order valence-corrected chi connectivity index (χ4v) is 10.7. The molecule has 15 nitrogen and oxygen atoms in total. The molecule has 2 aromatic carbocycles. The zero-order chi connectivity index (χ0) is 40.2. The molecule has 8 heterocycles. The monoisotopic (exact) mass is 816 g/mol. The van der Waals surface area contributed by atoms with Crippen molar-refractivity contribution in [1.82, 2.24) is 34.9 Å². The molecule has 0 radical (unpaired) electrons. The summed E-state index contributed by atoms with van der Waals surface area (Å²) in [7, 11) is 0. The third-order valence-corrected chi connectivity index (χ3v) is 14.1. The zero-order valence-electron chi connectivity index (χ0n) is 33.0. The number of aromatic nitrogens is 4. The Morgan fingerprint density at radius 3 is 2.51 bits per heavy atom. The molecule has 4 fully saturated rings. The summed E-state index contributed by atoms with van der Waals surface area (Å²) in [6.45, 7) is 7.24. The average molecular weight is 817 g/mol. The molecule has 10 rings (SSSR count). The Bertz CT molecular complexity index is 2520. The second-order valence-corrected chi connectivity index (χ2v) is 17.7. The Balaban J connectivity index is 0.758.